The van der Waals surface area contributed by atoms with Crippen molar-refractivity contribution in [2.45, 2.75) is 32.5 Å². The van der Waals surface area contributed by atoms with Gasteiger partial charge in [-0.25, -0.2) is 4.79 Å². The summed E-state index contributed by atoms with van der Waals surface area (Å²) in [5, 5.41) is 14.9. The summed E-state index contributed by atoms with van der Waals surface area (Å²) in [6, 6.07) is -0.336. The van der Waals surface area contributed by atoms with Gasteiger partial charge in [-0.15, -0.1) is 0 Å². The molecule has 0 aromatic heterocycles. The number of nitrogens with one attached hydrogen (secondary N) is 2. The van der Waals surface area contributed by atoms with Gasteiger partial charge in [0.05, 0.1) is 13.2 Å². The van der Waals surface area contributed by atoms with E-state index >= 15 is 0 Å². The highest BCUT2D eigenvalue weighted by Gasteiger charge is 2.24. The fourth-order valence-corrected chi connectivity index (χ4v) is 1.16. The predicted octanol–water partition coefficient (Wildman–Crippen LogP) is 0.295. The zero-order chi connectivity index (χ0) is 11.1. The average molecular weight is 204 g/mol. The van der Waals surface area contributed by atoms with Gasteiger partial charge in [-0.1, -0.05) is 20.3 Å². The van der Waals surface area contributed by atoms with Gasteiger partial charge in [0.15, 0.2) is 0 Å². The summed E-state index contributed by atoms with van der Waals surface area (Å²) in [5.74, 6) is 0.177. The predicted molar refractivity (Wildman–Crippen MR) is 53.9 cm³/mol. The molecule has 0 heterocycles. The van der Waals surface area contributed by atoms with Gasteiger partial charge in [-0.05, 0) is 13.0 Å². The van der Waals surface area contributed by atoms with Crippen molar-refractivity contribution in [3.05, 3.63) is 0 Å². The molecule has 0 fully saturated rings. The number of aliphatic hydroxyl groups is 1. The molecule has 3 N–H and O–H groups in total. The van der Waals surface area contributed by atoms with E-state index in [9.17, 15) is 9.90 Å². The minimum atomic E-state index is -0.760. The second kappa shape index (κ2) is 6.62. The average Bonchev–Trinajstić information content (AvgIpc) is 2.23. The van der Waals surface area contributed by atoms with Crippen LogP contribution in [0.2, 0.25) is 0 Å². The third kappa shape index (κ3) is 3.93. The van der Waals surface area contributed by atoms with Crippen LogP contribution in [0.3, 0.4) is 0 Å². The molecule has 0 saturated heterocycles. The minimum absolute atomic E-state index is 0.177. The monoisotopic (exact) mass is 204 g/mol. The number of ether oxygens (including phenoxy) is 1. The summed E-state index contributed by atoms with van der Waals surface area (Å²) in [6.45, 7) is 3.96. The SMILES string of the molecule is CCC(C)C(NC(=O)OC)C(O)NC. The number of likely N-dealkylation sites (N-methyl/N-ethyl adjacent to an activating group) is 1. The van der Waals surface area contributed by atoms with Crippen molar-refractivity contribution in [2.75, 3.05) is 14.2 Å². The summed E-state index contributed by atoms with van der Waals surface area (Å²) < 4.78 is 4.48. The Bertz CT molecular complexity index is 165. The highest BCUT2D eigenvalue weighted by atomic mass is 16.5. The maximum atomic E-state index is 11.0. The molecule has 0 saturated carbocycles. The number of carbonyl (C=O) groups is 1. The Morgan fingerprint density at radius 3 is 2.50 bits per heavy atom. The Kier molecular flexibility index (Phi) is 6.23. The van der Waals surface area contributed by atoms with Gasteiger partial charge in [0.1, 0.15) is 6.23 Å². The molecular weight excluding hydrogens is 184 g/mol. The van der Waals surface area contributed by atoms with E-state index in [0.29, 0.717) is 0 Å². The Balaban J connectivity index is 4.31. The fourth-order valence-electron chi connectivity index (χ4n) is 1.16. The second-order valence-electron chi connectivity index (χ2n) is 3.28. The maximum Gasteiger partial charge on any atom is 0.407 e. The van der Waals surface area contributed by atoms with E-state index in [1.165, 1.54) is 7.11 Å². The maximum absolute atomic E-state index is 11.0. The summed E-state index contributed by atoms with van der Waals surface area (Å²) in [6.07, 6.45) is -0.415. The summed E-state index contributed by atoms with van der Waals surface area (Å²) in [4.78, 5) is 11.0. The molecule has 0 aliphatic carbocycles. The van der Waals surface area contributed by atoms with E-state index < -0.39 is 12.3 Å². The summed E-state index contributed by atoms with van der Waals surface area (Å²) >= 11 is 0. The molecule has 1 amide bonds. The number of carbonyl (C=O) groups excluding carboxylic acids is 1. The van der Waals surface area contributed by atoms with Crippen molar-refractivity contribution in [1.82, 2.24) is 10.6 Å². The van der Waals surface area contributed by atoms with Crippen LogP contribution in [0.5, 0.6) is 0 Å². The standard InChI is InChI=1S/C9H20N2O3/c1-5-6(2)7(8(12)10-3)11-9(13)14-4/h6-8,10,12H,5H2,1-4H3,(H,11,13). The van der Waals surface area contributed by atoms with E-state index in [-0.39, 0.29) is 12.0 Å². The van der Waals surface area contributed by atoms with Crippen LogP contribution >= 0.6 is 0 Å². The van der Waals surface area contributed by atoms with E-state index in [1.54, 1.807) is 7.05 Å². The molecule has 14 heavy (non-hydrogen) atoms. The lowest BCUT2D eigenvalue weighted by Crippen LogP contribution is -2.52. The quantitative estimate of drug-likeness (QED) is 0.563. The molecule has 3 atom stereocenters. The van der Waals surface area contributed by atoms with Gasteiger partial charge in [0.25, 0.3) is 0 Å². The third-order valence-corrected chi connectivity index (χ3v) is 2.36. The van der Waals surface area contributed by atoms with Crippen LogP contribution in [0.25, 0.3) is 0 Å². The molecule has 0 bridgehead atoms. The molecule has 0 spiro atoms. The number of amides is 1. The normalized spacial score (nSPS) is 16.9. The van der Waals surface area contributed by atoms with Gasteiger partial charge >= 0.3 is 6.09 Å². The zero-order valence-corrected chi connectivity index (χ0v) is 9.20. The van der Waals surface area contributed by atoms with E-state index in [1.807, 2.05) is 13.8 Å². The van der Waals surface area contributed by atoms with Crippen molar-refractivity contribution in [1.29, 1.82) is 0 Å². The molecule has 0 radical (unpaired) electrons. The van der Waals surface area contributed by atoms with Gasteiger partial charge in [0.2, 0.25) is 0 Å². The molecule has 0 aliphatic rings. The van der Waals surface area contributed by atoms with Crippen LogP contribution < -0.4 is 10.6 Å². The molecule has 0 aromatic carbocycles. The molecule has 0 aromatic rings. The summed E-state index contributed by atoms with van der Waals surface area (Å²) in [5.41, 5.74) is 0. The topological polar surface area (TPSA) is 70.6 Å². The van der Waals surface area contributed by atoms with Crippen LogP contribution in [-0.4, -0.2) is 37.6 Å². The lowest BCUT2D eigenvalue weighted by atomic mass is 9.98. The Hall–Kier alpha value is -0.810. The van der Waals surface area contributed by atoms with Crippen molar-refractivity contribution < 1.29 is 14.6 Å². The second-order valence-corrected chi connectivity index (χ2v) is 3.28. The first-order valence-electron chi connectivity index (χ1n) is 4.76. The highest BCUT2D eigenvalue weighted by molar-refractivity contribution is 5.67. The third-order valence-electron chi connectivity index (χ3n) is 2.36. The lowest BCUT2D eigenvalue weighted by Gasteiger charge is -2.27. The molecule has 5 nitrogen and oxygen atoms in total. The van der Waals surface area contributed by atoms with Gasteiger partial charge in [-0.2, -0.15) is 0 Å². The first-order valence-corrected chi connectivity index (χ1v) is 4.76. The van der Waals surface area contributed by atoms with Crippen molar-refractivity contribution >= 4 is 6.09 Å². The Morgan fingerprint density at radius 1 is 1.57 bits per heavy atom. The number of aliphatic hydroxyl groups excluding tert-OH is 1. The smallest absolute Gasteiger partial charge is 0.407 e. The van der Waals surface area contributed by atoms with Crippen LogP contribution in [0.1, 0.15) is 20.3 Å². The number of hydrogen-bond donors (Lipinski definition) is 3. The minimum Gasteiger partial charge on any atom is -0.453 e. The van der Waals surface area contributed by atoms with Crippen LogP contribution in [0.4, 0.5) is 4.79 Å². The molecule has 0 aliphatic heterocycles. The lowest BCUT2D eigenvalue weighted by molar-refractivity contribution is 0.0717. The van der Waals surface area contributed by atoms with Gasteiger partial charge in [-0.3, -0.25) is 5.32 Å². The molecule has 5 heteroatoms. The number of hydrogen-bond acceptors (Lipinski definition) is 4. The van der Waals surface area contributed by atoms with Crippen LogP contribution in [-0.2, 0) is 4.74 Å². The van der Waals surface area contributed by atoms with Crippen LogP contribution in [0, 0.1) is 5.92 Å². The van der Waals surface area contributed by atoms with E-state index in [0.717, 1.165) is 6.42 Å². The first-order chi connectivity index (χ1) is 6.56. The van der Waals surface area contributed by atoms with E-state index in [2.05, 4.69) is 15.4 Å². The van der Waals surface area contributed by atoms with E-state index in [4.69, 9.17) is 0 Å². The molecular formula is C9H20N2O3. The van der Waals surface area contributed by atoms with Crippen LogP contribution in [0.15, 0.2) is 0 Å². The fraction of sp³-hybridized carbons (Fsp3) is 0.889. The number of methoxy groups -OCH3 is 1. The highest BCUT2D eigenvalue weighted by Crippen LogP contribution is 2.10. The number of rotatable bonds is 5. The Morgan fingerprint density at radius 2 is 2.14 bits per heavy atom. The van der Waals surface area contributed by atoms with Crippen molar-refractivity contribution in [2.24, 2.45) is 5.92 Å². The largest absolute Gasteiger partial charge is 0.453 e. The molecule has 3 unspecified atom stereocenters. The first kappa shape index (κ1) is 13.2. The zero-order valence-electron chi connectivity index (χ0n) is 9.20. The molecule has 0 rings (SSSR count). The Labute approximate surface area is 84.8 Å². The van der Waals surface area contributed by atoms with Gasteiger partial charge in [0, 0.05) is 0 Å². The summed E-state index contributed by atoms with van der Waals surface area (Å²) in [7, 11) is 2.94. The number of alkyl carbamates (subject to hydrolysis) is 1. The van der Waals surface area contributed by atoms with Gasteiger partial charge < -0.3 is 15.2 Å². The molecule has 84 valence electrons. The van der Waals surface area contributed by atoms with Crippen molar-refractivity contribution in [3.63, 3.8) is 0 Å². The van der Waals surface area contributed by atoms with Crippen molar-refractivity contribution in [3.8, 4) is 0 Å².